The van der Waals surface area contributed by atoms with Gasteiger partial charge in [0, 0.05) is 15.6 Å². The molecular formula is C20H21BrN4. The number of hydrogen-bond donors (Lipinski definition) is 2. The summed E-state index contributed by atoms with van der Waals surface area (Å²) in [4.78, 5) is 4.36. The molecule has 0 amide bonds. The van der Waals surface area contributed by atoms with Gasteiger partial charge in [0.2, 0.25) is 0 Å². The number of hydrogen-bond acceptors (Lipinski definition) is 4. The molecule has 0 fully saturated rings. The van der Waals surface area contributed by atoms with Crippen molar-refractivity contribution < 1.29 is 0 Å². The van der Waals surface area contributed by atoms with E-state index in [4.69, 9.17) is 5.73 Å². The third-order valence-electron chi connectivity index (χ3n) is 3.99. The van der Waals surface area contributed by atoms with Gasteiger partial charge in [-0.05, 0) is 50.6 Å². The van der Waals surface area contributed by atoms with E-state index in [0.717, 1.165) is 32.3 Å². The van der Waals surface area contributed by atoms with Crippen LogP contribution in [0.3, 0.4) is 0 Å². The zero-order valence-electron chi connectivity index (χ0n) is 14.6. The van der Waals surface area contributed by atoms with Crippen LogP contribution in [-0.4, -0.2) is 4.98 Å². The fourth-order valence-electron chi connectivity index (χ4n) is 2.14. The number of nitrogens with zero attached hydrogens (tertiary/aromatic N) is 2. The lowest BCUT2D eigenvalue weighted by molar-refractivity contribution is 0.615. The summed E-state index contributed by atoms with van der Waals surface area (Å²) in [5.41, 5.74) is 9.34. The lowest BCUT2D eigenvalue weighted by Gasteiger charge is -2.16. The number of nitrogens with two attached hydrogens (primary N) is 1. The van der Waals surface area contributed by atoms with Crippen LogP contribution in [-0.2, 0) is 0 Å². The number of rotatable bonds is 5. The Hall–Kier alpha value is -2.58. The molecule has 1 aromatic carbocycles. The minimum atomic E-state index is -0.609. The third-order valence-corrected chi connectivity index (χ3v) is 4.48. The lowest BCUT2D eigenvalue weighted by Crippen LogP contribution is -2.09. The molecule has 0 spiro atoms. The zero-order chi connectivity index (χ0) is 18.6. The Morgan fingerprint density at radius 2 is 2.12 bits per heavy atom. The van der Waals surface area contributed by atoms with Crippen LogP contribution in [0.4, 0.5) is 11.4 Å². The lowest BCUT2D eigenvalue weighted by atomic mass is 9.86. The molecule has 2 aromatic rings. The topological polar surface area (TPSA) is 74.7 Å². The van der Waals surface area contributed by atoms with Crippen LogP contribution in [0.5, 0.6) is 0 Å². The molecule has 128 valence electrons. The smallest absolute Gasteiger partial charge is 0.0760 e. The Kier molecular flexibility index (Phi) is 5.66. The van der Waals surface area contributed by atoms with E-state index in [-0.39, 0.29) is 0 Å². The van der Waals surface area contributed by atoms with E-state index in [1.54, 1.807) is 6.20 Å². The molecule has 1 aromatic heterocycles. The molecule has 0 saturated carbocycles. The van der Waals surface area contributed by atoms with Crippen molar-refractivity contribution in [3.8, 4) is 6.07 Å². The van der Waals surface area contributed by atoms with Gasteiger partial charge in [0.15, 0.2) is 0 Å². The fourth-order valence-corrected chi connectivity index (χ4v) is 2.51. The fraction of sp³-hybridized carbons (Fsp3) is 0.200. The number of halogens is 1. The number of benzene rings is 1. The van der Waals surface area contributed by atoms with Gasteiger partial charge in [-0.2, -0.15) is 5.26 Å². The number of pyridine rings is 1. The summed E-state index contributed by atoms with van der Waals surface area (Å²) < 4.78 is 0.956. The van der Waals surface area contributed by atoms with Gasteiger partial charge in [-0.1, -0.05) is 34.7 Å². The van der Waals surface area contributed by atoms with Crippen molar-refractivity contribution in [2.75, 3.05) is 11.1 Å². The normalized spacial score (nSPS) is 12.4. The molecule has 0 bridgehead atoms. The molecule has 0 aliphatic heterocycles. The van der Waals surface area contributed by atoms with Crippen LogP contribution < -0.4 is 11.1 Å². The number of nitrogen functional groups attached to an aromatic ring is 1. The number of nitrogens with one attached hydrogen (secondary N) is 1. The maximum atomic E-state index is 9.20. The molecule has 0 aliphatic carbocycles. The molecule has 0 unspecified atom stereocenters. The van der Waals surface area contributed by atoms with Crippen LogP contribution in [0.15, 0.2) is 64.9 Å². The van der Waals surface area contributed by atoms with E-state index >= 15 is 0 Å². The van der Waals surface area contributed by atoms with Gasteiger partial charge in [0.1, 0.15) is 0 Å². The summed E-state index contributed by atoms with van der Waals surface area (Å²) in [6.45, 7) is 9.60. The Morgan fingerprint density at radius 1 is 1.40 bits per heavy atom. The average Bonchev–Trinajstić information content (AvgIpc) is 2.59. The van der Waals surface area contributed by atoms with E-state index in [1.807, 2.05) is 57.2 Å². The first-order valence-electron chi connectivity index (χ1n) is 7.84. The van der Waals surface area contributed by atoms with Gasteiger partial charge in [-0.3, -0.25) is 4.98 Å². The van der Waals surface area contributed by atoms with Gasteiger partial charge in [0.05, 0.1) is 34.6 Å². The summed E-state index contributed by atoms with van der Waals surface area (Å²) in [5.74, 6) is 0. The minimum Gasteiger partial charge on any atom is -0.396 e. The van der Waals surface area contributed by atoms with E-state index in [9.17, 15) is 5.26 Å². The largest absolute Gasteiger partial charge is 0.396 e. The third kappa shape index (κ3) is 4.28. The summed E-state index contributed by atoms with van der Waals surface area (Å²) in [5, 5.41) is 13.5. The maximum absolute atomic E-state index is 9.20. The second-order valence-electron chi connectivity index (χ2n) is 6.21. The van der Waals surface area contributed by atoms with Crippen LogP contribution in [0.2, 0.25) is 0 Å². The van der Waals surface area contributed by atoms with Crippen LogP contribution in [0.1, 0.15) is 20.8 Å². The molecule has 5 heteroatoms. The number of fused-ring (bicyclic) bond motifs is 1. The van der Waals surface area contributed by atoms with Crippen molar-refractivity contribution in [1.82, 2.24) is 4.98 Å². The van der Waals surface area contributed by atoms with Crippen molar-refractivity contribution in [3.05, 3.63) is 64.9 Å². The highest BCUT2D eigenvalue weighted by Gasteiger charge is 2.18. The highest BCUT2D eigenvalue weighted by atomic mass is 79.9. The maximum Gasteiger partial charge on any atom is 0.0760 e. The van der Waals surface area contributed by atoms with E-state index in [0.29, 0.717) is 5.69 Å². The van der Waals surface area contributed by atoms with Crippen molar-refractivity contribution in [2.24, 2.45) is 5.41 Å². The van der Waals surface area contributed by atoms with Gasteiger partial charge < -0.3 is 11.1 Å². The first kappa shape index (κ1) is 18.8. The first-order valence-corrected chi connectivity index (χ1v) is 8.63. The minimum absolute atomic E-state index is 0.564. The summed E-state index contributed by atoms with van der Waals surface area (Å²) in [6.07, 6.45) is 7.33. The summed E-state index contributed by atoms with van der Waals surface area (Å²) in [6, 6.07) is 8.11. The molecule has 0 aliphatic rings. The second-order valence-corrected chi connectivity index (χ2v) is 7.13. The summed E-state index contributed by atoms with van der Waals surface area (Å²) >= 11 is 3.49. The van der Waals surface area contributed by atoms with Crippen LogP contribution in [0.25, 0.3) is 10.9 Å². The monoisotopic (exact) mass is 396 g/mol. The SMILES string of the molecule is C=C(/C=C\C(=C/C)Nc1c(N)cnc2ccc(Br)cc12)C(C)(C)C#N. The van der Waals surface area contributed by atoms with Crippen molar-refractivity contribution >= 4 is 38.2 Å². The van der Waals surface area contributed by atoms with Crippen molar-refractivity contribution in [2.45, 2.75) is 20.8 Å². The van der Waals surface area contributed by atoms with Gasteiger partial charge in [0.25, 0.3) is 0 Å². The second kappa shape index (κ2) is 7.54. The highest BCUT2D eigenvalue weighted by molar-refractivity contribution is 9.10. The van der Waals surface area contributed by atoms with Gasteiger partial charge >= 0.3 is 0 Å². The quantitative estimate of drug-likeness (QED) is 0.648. The molecular weight excluding hydrogens is 376 g/mol. The molecule has 1 heterocycles. The number of anilines is 2. The Labute approximate surface area is 156 Å². The predicted molar refractivity (Wildman–Crippen MR) is 109 cm³/mol. The Bertz CT molecular complexity index is 912. The molecule has 0 atom stereocenters. The van der Waals surface area contributed by atoms with Gasteiger partial charge in [-0.15, -0.1) is 0 Å². The number of nitriles is 1. The van der Waals surface area contributed by atoms with Crippen molar-refractivity contribution in [1.29, 1.82) is 5.26 Å². The molecule has 2 rings (SSSR count). The van der Waals surface area contributed by atoms with E-state index in [2.05, 4.69) is 38.9 Å². The summed E-state index contributed by atoms with van der Waals surface area (Å²) in [7, 11) is 0. The molecule has 4 nitrogen and oxygen atoms in total. The Balaban J connectivity index is 2.36. The average molecular weight is 397 g/mol. The van der Waals surface area contributed by atoms with Crippen molar-refractivity contribution in [3.63, 3.8) is 0 Å². The van der Waals surface area contributed by atoms with Crippen LogP contribution in [0, 0.1) is 16.7 Å². The van der Waals surface area contributed by atoms with E-state index < -0.39 is 5.41 Å². The molecule has 0 radical (unpaired) electrons. The van der Waals surface area contributed by atoms with Gasteiger partial charge in [-0.25, -0.2) is 0 Å². The van der Waals surface area contributed by atoms with Crippen LogP contribution >= 0.6 is 15.9 Å². The molecule has 0 saturated heterocycles. The predicted octanol–water partition coefficient (Wildman–Crippen LogP) is 5.56. The van der Waals surface area contributed by atoms with E-state index in [1.165, 1.54) is 0 Å². The Morgan fingerprint density at radius 3 is 2.76 bits per heavy atom. The highest BCUT2D eigenvalue weighted by Crippen LogP contribution is 2.31. The number of aromatic nitrogens is 1. The molecule has 25 heavy (non-hydrogen) atoms. The zero-order valence-corrected chi connectivity index (χ0v) is 16.2. The first-order chi connectivity index (χ1) is 11.8. The molecule has 3 N–H and O–H groups in total. The number of allylic oxidation sites excluding steroid dienone is 4. The standard InChI is InChI=1S/C20H21BrN4/c1-5-15(8-6-13(2)20(3,4)12-22)25-19-16-10-14(21)7-9-18(16)24-11-17(19)23/h5-11H,2,23H2,1,3-4H3,(H,24,25)/b8-6-,15-5+.